The Hall–Kier alpha value is -1.21. The van der Waals surface area contributed by atoms with Crippen molar-refractivity contribution < 1.29 is 14.7 Å². The molecule has 0 aliphatic heterocycles. The van der Waals surface area contributed by atoms with E-state index in [1.54, 1.807) is 29.3 Å². The fourth-order valence-electron chi connectivity index (χ4n) is 1.40. The quantitative estimate of drug-likeness (QED) is 0.722. The Bertz CT molecular complexity index is 409. The molecule has 7 heteroatoms. The lowest BCUT2D eigenvalue weighted by Crippen LogP contribution is -2.41. The normalized spacial score (nSPS) is 13.6. The molecule has 106 valence electrons. The molecule has 0 fully saturated rings. The summed E-state index contributed by atoms with van der Waals surface area (Å²) < 4.78 is 0. The van der Waals surface area contributed by atoms with Gasteiger partial charge in [0.15, 0.2) is 6.04 Å². The van der Waals surface area contributed by atoms with Crippen LogP contribution in [0.25, 0.3) is 0 Å². The molecule has 0 aliphatic rings. The van der Waals surface area contributed by atoms with Gasteiger partial charge in [-0.15, -0.1) is 11.3 Å². The number of amides is 2. The zero-order valence-corrected chi connectivity index (χ0v) is 12.5. The Morgan fingerprint density at radius 2 is 2.26 bits per heavy atom. The number of carbonyl (C=O) groups excluding carboxylic acids is 1. The summed E-state index contributed by atoms with van der Waals surface area (Å²) in [5.41, 5.74) is 0. The van der Waals surface area contributed by atoms with Gasteiger partial charge in [-0.2, -0.15) is 11.8 Å². The van der Waals surface area contributed by atoms with Gasteiger partial charge < -0.3 is 15.7 Å². The maximum Gasteiger partial charge on any atom is 0.331 e. The van der Waals surface area contributed by atoms with Crippen LogP contribution in [-0.2, 0) is 4.79 Å². The number of thiophene rings is 1. The van der Waals surface area contributed by atoms with Crippen molar-refractivity contribution >= 4 is 35.1 Å². The third-order valence-electron chi connectivity index (χ3n) is 2.59. The van der Waals surface area contributed by atoms with E-state index in [9.17, 15) is 9.59 Å². The summed E-state index contributed by atoms with van der Waals surface area (Å²) in [6.45, 7) is 2.61. The maximum atomic E-state index is 11.6. The van der Waals surface area contributed by atoms with E-state index in [-0.39, 0.29) is 0 Å². The van der Waals surface area contributed by atoms with Crippen molar-refractivity contribution in [3.05, 3.63) is 22.4 Å². The van der Waals surface area contributed by atoms with Crippen molar-refractivity contribution in [3.8, 4) is 0 Å². The van der Waals surface area contributed by atoms with Gasteiger partial charge in [0, 0.05) is 16.7 Å². The van der Waals surface area contributed by atoms with Crippen LogP contribution < -0.4 is 10.6 Å². The molecule has 2 unspecified atom stereocenters. The highest BCUT2D eigenvalue weighted by Gasteiger charge is 2.22. The van der Waals surface area contributed by atoms with Crippen molar-refractivity contribution in [1.29, 1.82) is 0 Å². The minimum absolute atomic E-state index is 0.450. The molecule has 0 saturated carbocycles. The number of urea groups is 1. The van der Waals surface area contributed by atoms with Gasteiger partial charge in [-0.3, -0.25) is 0 Å². The van der Waals surface area contributed by atoms with Crippen LogP contribution in [0, 0.1) is 0 Å². The Kier molecular flexibility index (Phi) is 6.72. The van der Waals surface area contributed by atoms with Crippen LogP contribution in [0.3, 0.4) is 0 Å². The molecular weight excluding hydrogens is 284 g/mol. The highest BCUT2D eigenvalue weighted by atomic mass is 32.2. The number of nitrogens with one attached hydrogen (secondary N) is 2. The molecule has 0 radical (unpaired) electrons. The number of rotatable bonds is 7. The molecule has 1 rings (SSSR count). The van der Waals surface area contributed by atoms with Crippen LogP contribution in [0.2, 0.25) is 0 Å². The van der Waals surface area contributed by atoms with Crippen LogP contribution >= 0.6 is 23.1 Å². The topological polar surface area (TPSA) is 78.4 Å². The van der Waals surface area contributed by atoms with E-state index in [0.717, 1.165) is 6.42 Å². The van der Waals surface area contributed by atoms with Crippen LogP contribution in [0.1, 0.15) is 24.3 Å². The Morgan fingerprint density at radius 1 is 1.53 bits per heavy atom. The van der Waals surface area contributed by atoms with Gasteiger partial charge in [0.2, 0.25) is 0 Å². The molecular formula is C12H18N2O3S2. The lowest BCUT2D eigenvalue weighted by Gasteiger charge is -2.14. The lowest BCUT2D eigenvalue weighted by molar-refractivity contribution is -0.139. The Morgan fingerprint density at radius 3 is 2.79 bits per heavy atom. The van der Waals surface area contributed by atoms with Gasteiger partial charge in [-0.25, -0.2) is 9.59 Å². The van der Waals surface area contributed by atoms with Gasteiger partial charge in [-0.05, 0) is 24.1 Å². The second-order valence-corrected chi connectivity index (χ2v) is 6.28. The van der Waals surface area contributed by atoms with Crippen molar-refractivity contribution in [3.63, 3.8) is 0 Å². The third-order valence-corrected chi connectivity index (χ3v) is 4.57. The van der Waals surface area contributed by atoms with Crippen LogP contribution in [0.15, 0.2) is 17.5 Å². The van der Waals surface area contributed by atoms with E-state index < -0.39 is 18.0 Å². The molecule has 5 nitrogen and oxygen atoms in total. The number of hydrogen-bond donors (Lipinski definition) is 3. The molecule has 1 heterocycles. The zero-order chi connectivity index (χ0) is 14.3. The number of carboxylic acid groups (broad SMARTS) is 1. The molecule has 0 saturated heterocycles. The summed E-state index contributed by atoms with van der Waals surface area (Å²) in [5, 5.41) is 16.5. The predicted molar refractivity (Wildman–Crippen MR) is 78.8 cm³/mol. The molecule has 2 amide bonds. The number of carbonyl (C=O) groups is 2. The lowest BCUT2D eigenvalue weighted by atomic mass is 10.2. The fraction of sp³-hybridized carbons (Fsp3) is 0.500. The molecule has 0 bridgehead atoms. The van der Waals surface area contributed by atoms with Gasteiger partial charge >= 0.3 is 12.0 Å². The first-order chi connectivity index (χ1) is 9.04. The Labute approximate surface area is 120 Å². The summed E-state index contributed by atoms with van der Waals surface area (Å²) >= 11 is 3.04. The minimum atomic E-state index is -1.06. The first-order valence-electron chi connectivity index (χ1n) is 5.88. The van der Waals surface area contributed by atoms with Crippen LogP contribution in [-0.4, -0.2) is 35.2 Å². The van der Waals surface area contributed by atoms with Gasteiger partial charge in [0.05, 0.1) is 0 Å². The first-order valence-corrected chi connectivity index (χ1v) is 8.04. The summed E-state index contributed by atoms with van der Waals surface area (Å²) in [6.07, 6.45) is 2.87. The van der Waals surface area contributed by atoms with Crippen molar-refractivity contribution in [2.45, 2.75) is 24.6 Å². The SMILES string of the molecule is CSC(C)CCNC(=O)NC(C(=O)O)c1cccs1. The van der Waals surface area contributed by atoms with Gasteiger partial charge in [0.25, 0.3) is 0 Å². The van der Waals surface area contributed by atoms with Crippen molar-refractivity contribution in [2.24, 2.45) is 0 Å². The van der Waals surface area contributed by atoms with Crippen LogP contribution in [0.5, 0.6) is 0 Å². The number of hydrogen-bond acceptors (Lipinski definition) is 4. The van der Waals surface area contributed by atoms with Crippen molar-refractivity contribution in [2.75, 3.05) is 12.8 Å². The fourth-order valence-corrected chi connectivity index (χ4v) is 2.52. The van der Waals surface area contributed by atoms with Crippen molar-refractivity contribution in [1.82, 2.24) is 10.6 Å². The van der Waals surface area contributed by atoms with E-state index in [0.29, 0.717) is 16.7 Å². The highest BCUT2D eigenvalue weighted by molar-refractivity contribution is 7.99. The van der Waals surface area contributed by atoms with E-state index in [2.05, 4.69) is 17.6 Å². The first kappa shape index (κ1) is 15.8. The molecule has 2 atom stereocenters. The monoisotopic (exact) mass is 302 g/mol. The summed E-state index contributed by atoms with van der Waals surface area (Å²) in [5.74, 6) is -1.06. The maximum absolute atomic E-state index is 11.6. The minimum Gasteiger partial charge on any atom is -0.479 e. The van der Waals surface area contributed by atoms with E-state index >= 15 is 0 Å². The smallest absolute Gasteiger partial charge is 0.331 e. The third kappa shape index (κ3) is 5.52. The standard InChI is InChI=1S/C12H18N2O3S2/c1-8(18-2)5-6-13-12(17)14-10(11(15)16)9-4-3-7-19-9/h3-4,7-8,10H,5-6H2,1-2H3,(H,15,16)(H2,13,14,17). The van der Waals surface area contributed by atoms with E-state index in [1.807, 2.05) is 6.26 Å². The molecule has 1 aromatic heterocycles. The second kappa shape index (κ2) is 8.06. The van der Waals surface area contributed by atoms with Gasteiger partial charge in [0.1, 0.15) is 0 Å². The molecule has 0 aliphatic carbocycles. The van der Waals surface area contributed by atoms with E-state index in [1.165, 1.54) is 11.3 Å². The number of aliphatic carboxylic acids is 1. The summed E-state index contributed by atoms with van der Waals surface area (Å²) in [4.78, 5) is 23.4. The average molecular weight is 302 g/mol. The predicted octanol–water partition coefficient (Wildman–Crippen LogP) is 2.31. The number of carboxylic acids is 1. The van der Waals surface area contributed by atoms with E-state index in [4.69, 9.17) is 5.11 Å². The average Bonchev–Trinajstić information content (AvgIpc) is 2.88. The molecule has 3 N–H and O–H groups in total. The molecule has 0 spiro atoms. The Balaban J connectivity index is 2.43. The zero-order valence-electron chi connectivity index (χ0n) is 10.9. The largest absolute Gasteiger partial charge is 0.479 e. The second-order valence-electron chi connectivity index (χ2n) is 4.02. The van der Waals surface area contributed by atoms with Crippen LogP contribution in [0.4, 0.5) is 4.79 Å². The highest BCUT2D eigenvalue weighted by Crippen LogP contribution is 2.18. The number of thioether (sulfide) groups is 1. The summed E-state index contributed by atoms with van der Waals surface area (Å²) in [6, 6.07) is 2.02. The molecule has 1 aromatic rings. The molecule has 19 heavy (non-hydrogen) atoms. The molecule has 0 aromatic carbocycles. The van der Waals surface area contributed by atoms with Gasteiger partial charge in [-0.1, -0.05) is 13.0 Å². The summed E-state index contributed by atoms with van der Waals surface area (Å²) in [7, 11) is 0.